The summed E-state index contributed by atoms with van der Waals surface area (Å²) in [4.78, 5) is 9.34. The fourth-order valence-electron chi connectivity index (χ4n) is 1.51. The van der Waals surface area contributed by atoms with E-state index < -0.39 is 5.95 Å². The Balaban J connectivity index is 2.30. The van der Waals surface area contributed by atoms with Crippen LogP contribution in [0.25, 0.3) is 0 Å². The van der Waals surface area contributed by atoms with Crippen LogP contribution in [0.15, 0.2) is 36.7 Å². The van der Waals surface area contributed by atoms with E-state index in [-0.39, 0.29) is 0 Å². The topological polar surface area (TPSA) is 41.0 Å². The van der Waals surface area contributed by atoms with Gasteiger partial charge in [-0.25, -0.2) is 9.97 Å². The minimum absolute atomic E-state index is 0.437. The molecule has 0 atom stereocenters. The van der Waals surface area contributed by atoms with Crippen molar-refractivity contribution in [2.24, 2.45) is 0 Å². The summed E-state index contributed by atoms with van der Waals surface area (Å²) in [7, 11) is 3.89. The van der Waals surface area contributed by atoms with Gasteiger partial charge in [0, 0.05) is 20.2 Å². The first-order valence-corrected chi connectivity index (χ1v) is 5.18. The molecular formula is C12H13FN4. The molecule has 0 aliphatic heterocycles. The van der Waals surface area contributed by atoms with Crippen LogP contribution >= 0.6 is 0 Å². The van der Waals surface area contributed by atoms with Crippen LogP contribution in [0.4, 0.5) is 21.6 Å². The van der Waals surface area contributed by atoms with Gasteiger partial charge in [0.1, 0.15) is 12.1 Å². The molecule has 0 bridgehead atoms. The van der Waals surface area contributed by atoms with Crippen LogP contribution in [-0.4, -0.2) is 24.1 Å². The van der Waals surface area contributed by atoms with Gasteiger partial charge in [0.25, 0.3) is 0 Å². The van der Waals surface area contributed by atoms with Crippen LogP contribution in [0.1, 0.15) is 0 Å². The van der Waals surface area contributed by atoms with E-state index in [9.17, 15) is 4.39 Å². The third-order valence-corrected chi connectivity index (χ3v) is 2.28. The molecule has 0 radical (unpaired) electrons. The normalized spacial score (nSPS) is 10.1. The fourth-order valence-corrected chi connectivity index (χ4v) is 1.51. The molecule has 1 aromatic carbocycles. The first kappa shape index (κ1) is 11.3. The Kier molecular flexibility index (Phi) is 3.18. The Morgan fingerprint density at radius 3 is 2.65 bits per heavy atom. The van der Waals surface area contributed by atoms with Gasteiger partial charge in [0.05, 0.1) is 11.4 Å². The van der Waals surface area contributed by atoms with Crippen LogP contribution in [-0.2, 0) is 0 Å². The number of aromatic nitrogens is 2. The standard InChI is InChI=1S/C12H13FN4/c1-17(2)10-6-4-3-5-9(10)16-12-7-11(13)14-8-15-12/h3-8H,1-2H3,(H,14,15,16). The zero-order valence-electron chi connectivity index (χ0n) is 9.68. The van der Waals surface area contributed by atoms with Gasteiger partial charge in [-0.1, -0.05) is 12.1 Å². The zero-order chi connectivity index (χ0) is 12.3. The lowest BCUT2D eigenvalue weighted by Crippen LogP contribution is -2.11. The summed E-state index contributed by atoms with van der Waals surface area (Å²) in [6.45, 7) is 0. The predicted molar refractivity (Wildman–Crippen MR) is 66.0 cm³/mol. The summed E-state index contributed by atoms with van der Waals surface area (Å²) in [5.41, 5.74) is 1.88. The maximum atomic E-state index is 12.9. The molecule has 0 aliphatic rings. The molecule has 0 saturated heterocycles. The Bertz CT molecular complexity index is 513. The third kappa shape index (κ3) is 2.69. The number of halogens is 1. The Morgan fingerprint density at radius 1 is 1.18 bits per heavy atom. The maximum Gasteiger partial charge on any atom is 0.218 e. The van der Waals surface area contributed by atoms with Crippen molar-refractivity contribution in [3.05, 3.63) is 42.6 Å². The van der Waals surface area contributed by atoms with E-state index in [1.807, 2.05) is 43.3 Å². The molecule has 5 heteroatoms. The highest BCUT2D eigenvalue weighted by atomic mass is 19.1. The van der Waals surface area contributed by atoms with Crippen molar-refractivity contribution in [1.82, 2.24) is 9.97 Å². The van der Waals surface area contributed by atoms with Gasteiger partial charge in [-0.05, 0) is 12.1 Å². The van der Waals surface area contributed by atoms with E-state index in [0.29, 0.717) is 5.82 Å². The Hall–Kier alpha value is -2.17. The molecule has 0 fully saturated rings. The van der Waals surface area contributed by atoms with Gasteiger partial charge < -0.3 is 10.2 Å². The van der Waals surface area contributed by atoms with E-state index in [0.717, 1.165) is 11.4 Å². The molecule has 0 spiro atoms. The van der Waals surface area contributed by atoms with Crippen molar-refractivity contribution in [3.8, 4) is 0 Å². The van der Waals surface area contributed by atoms with Crippen molar-refractivity contribution in [3.63, 3.8) is 0 Å². The Morgan fingerprint density at radius 2 is 1.94 bits per heavy atom. The molecule has 0 saturated carbocycles. The monoisotopic (exact) mass is 232 g/mol. The molecule has 1 heterocycles. The van der Waals surface area contributed by atoms with Gasteiger partial charge in [-0.3, -0.25) is 0 Å². The average Bonchev–Trinajstić information content (AvgIpc) is 2.29. The van der Waals surface area contributed by atoms with Gasteiger partial charge in [-0.15, -0.1) is 0 Å². The quantitative estimate of drug-likeness (QED) is 0.825. The first-order chi connectivity index (χ1) is 8.16. The molecule has 1 aromatic heterocycles. The van der Waals surface area contributed by atoms with E-state index in [2.05, 4.69) is 15.3 Å². The number of nitrogens with one attached hydrogen (secondary N) is 1. The van der Waals surface area contributed by atoms with Crippen LogP contribution in [0.3, 0.4) is 0 Å². The maximum absolute atomic E-state index is 12.9. The van der Waals surface area contributed by atoms with Gasteiger partial charge in [0.15, 0.2) is 0 Å². The lowest BCUT2D eigenvalue weighted by molar-refractivity contribution is 0.580. The number of nitrogens with zero attached hydrogens (tertiary/aromatic N) is 3. The summed E-state index contributed by atoms with van der Waals surface area (Å²) < 4.78 is 12.9. The Labute approximate surface area is 99.1 Å². The molecule has 4 nitrogen and oxygen atoms in total. The van der Waals surface area contributed by atoms with E-state index in [4.69, 9.17) is 0 Å². The van der Waals surface area contributed by atoms with Gasteiger partial charge in [0.2, 0.25) is 5.95 Å². The minimum atomic E-state index is -0.551. The highest BCUT2D eigenvalue weighted by molar-refractivity contribution is 5.73. The molecule has 0 amide bonds. The third-order valence-electron chi connectivity index (χ3n) is 2.28. The van der Waals surface area contributed by atoms with Crippen LogP contribution in [0.2, 0.25) is 0 Å². The summed E-state index contributed by atoms with van der Waals surface area (Å²) in [6, 6.07) is 9.00. The molecule has 2 aromatic rings. The van der Waals surface area contributed by atoms with Crippen molar-refractivity contribution < 1.29 is 4.39 Å². The van der Waals surface area contributed by atoms with Crippen molar-refractivity contribution in [1.29, 1.82) is 0 Å². The first-order valence-electron chi connectivity index (χ1n) is 5.18. The summed E-state index contributed by atoms with van der Waals surface area (Å²) >= 11 is 0. The molecular weight excluding hydrogens is 219 g/mol. The lowest BCUT2D eigenvalue weighted by atomic mass is 10.2. The predicted octanol–water partition coefficient (Wildman–Crippen LogP) is 2.43. The summed E-state index contributed by atoms with van der Waals surface area (Å²) in [5, 5.41) is 3.06. The average molecular weight is 232 g/mol. The summed E-state index contributed by atoms with van der Waals surface area (Å²) in [6.07, 6.45) is 1.19. The number of rotatable bonds is 3. The van der Waals surface area contributed by atoms with E-state index in [1.54, 1.807) is 0 Å². The zero-order valence-corrected chi connectivity index (χ0v) is 9.68. The smallest absolute Gasteiger partial charge is 0.218 e. The number of anilines is 3. The van der Waals surface area contributed by atoms with Crippen molar-refractivity contribution in [2.75, 3.05) is 24.3 Å². The molecule has 0 unspecified atom stereocenters. The fraction of sp³-hybridized carbons (Fsp3) is 0.167. The molecule has 17 heavy (non-hydrogen) atoms. The molecule has 1 N–H and O–H groups in total. The van der Waals surface area contributed by atoms with Crippen molar-refractivity contribution in [2.45, 2.75) is 0 Å². The molecule has 88 valence electrons. The number of para-hydroxylation sites is 2. The number of hydrogen-bond donors (Lipinski definition) is 1. The van der Waals surface area contributed by atoms with Crippen LogP contribution < -0.4 is 10.2 Å². The minimum Gasteiger partial charge on any atom is -0.376 e. The second-order valence-corrected chi connectivity index (χ2v) is 3.76. The second kappa shape index (κ2) is 4.78. The van der Waals surface area contributed by atoms with Gasteiger partial charge >= 0.3 is 0 Å². The highest BCUT2D eigenvalue weighted by Gasteiger charge is 2.05. The SMILES string of the molecule is CN(C)c1ccccc1Nc1cc(F)ncn1. The second-order valence-electron chi connectivity index (χ2n) is 3.76. The molecule has 2 rings (SSSR count). The lowest BCUT2D eigenvalue weighted by Gasteiger charge is -2.17. The van der Waals surface area contributed by atoms with Crippen molar-refractivity contribution >= 4 is 17.2 Å². The highest BCUT2D eigenvalue weighted by Crippen LogP contribution is 2.26. The van der Waals surface area contributed by atoms with Gasteiger partial charge in [-0.2, -0.15) is 4.39 Å². The van der Waals surface area contributed by atoms with E-state index >= 15 is 0 Å². The van der Waals surface area contributed by atoms with Crippen LogP contribution in [0, 0.1) is 5.95 Å². The number of hydrogen-bond acceptors (Lipinski definition) is 4. The van der Waals surface area contributed by atoms with Crippen LogP contribution in [0.5, 0.6) is 0 Å². The largest absolute Gasteiger partial charge is 0.376 e. The summed E-state index contributed by atoms with van der Waals surface area (Å²) in [5.74, 6) is -0.114. The van der Waals surface area contributed by atoms with E-state index in [1.165, 1.54) is 12.4 Å². The molecule has 0 aliphatic carbocycles. The number of benzene rings is 1.